The number of hydrogen-bond acceptors (Lipinski definition) is 11. The van der Waals surface area contributed by atoms with E-state index in [1.165, 1.54) is 70.6 Å². The number of aliphatic hydroxyl groups is 3. The lowest BCUT2D eigenvalue weighted by atomic mass is 10.00. The van der Waals surface area contributed by atoms with Crippen LogP contribution in [0.15, 0.2) is 24.3 Å². The summed E-state index contributed by atoms with van der Waals surface area (Å²) < 4.78 is 53.9. The zero-order valence-electron chi connectivity index (χ0n) is 34.0. The lowest BCUT2D eigenvalue weighted by Gasteiger charge is -2.40. The van der Waals surface area contributed by atoms with E-state index in [4.69, 9.17) is 18.9 Å². The van der Waals surface area contributed by atoms with Crippen molar-refractivity contribution in [1.29, 1.82) is 0 Å². The second kappa shape index (κ2) is 33.1. The van der Waals surface area contributed by atoms with Gasteiger partial charge in [-0.25, -0.2) is 0 Å². The smallest absolute Gasteiger partial charge is 0.306 e. The summed E-state index contributed by atoms with van der Waals surface area (Å²) in [5, 5.41) is 30.8. The minimum atomic E-state index is -4.60. The summed E-state index contributed by atoms with van der Waals surface area (Å²) in [6.45, 7) is 3.70. The fourth-order valence-electron chi connectivity index (χ4n) is 6.40. The van der Waals surface area contributed by atoms with E-state index in [-0.39, 0.29) is 19.4 Å². The first-order chi connectivity index (χ1) is 26.5. The zero-order chi connectivity index (χ0) is 40.6. The minimum Gasteiger partial charge on any atom is -0.462 e. The molecule has 6 unspecified atom stereocenters. The number of unbranched alkanes of at least 4 members (excludes halogenated alkanes) is 19. The number of allylic oxidation sites excluding steroid dienone is 4. The predicted molar refractivity (Wildman–Crippen MR) is 215 cm³/mol. The lowest BCUT2D eigenvalue weighted by Crippen LogP contribution is -2.60. The van der Waals surface area contributed by atoms with Crippen LogP contribution >= 0.6 is 0 Å². The first-order valence-electron chi connectivity index (χ1n) is 21.4. The molecule has 1 fully saturated rings. The van der Waals surface area contributed by atoms with Gasteiger partial charge in [-0.15, -0.1) is 0 Å². The summed E-state index contributed by atoms with van der Waals surface area (Å²) >= 11 is 0. The highest BCUT2D eigenvalue weighted by Crippen LogP contribution is 2.24. The van der Waals surface area contributed by atoms with Gasteiger partial charge in [0.2, 0.25) is 0 Å². The molecule has 0 saturated carbocycles. The summed E-state index contributed by atoms with van der Waals surface area (Å²) in [7, 11) is -4.60. The predicted octanol–water partition coefficient (Wildman–Crippen LogP) is 8.06. The van der Waals surface area contributed by atoms with Crippen LogP contribution in [0.25, 0.3) is 0 Å². The van der Waals surface area contributed by atoms with Crippen molar-refractivity contribution in [3.63, 3.8) is 0 Å². The van der Waals surface area contributed by atoms with Gasteiger partial charge in [-0.3, -0.25) is 14.1 Å². The van der Waals surface area contributed by atoms with E-state index in [0.717, 1.165) is 64.2 Å². The molecule has 1 heterocycles. The van der Waals surface area contributed by atoms with Crippen LogP contribution in [0.3, 0.4) is 0 Å². The number of esters is 2. The quantitative estimate of drug-likeness (QED) is 0.0209. The number of rotatable bonds is 35. The van der Waals surface area contributed by atoms with Crippen molar-refractivity contribution in [3.8, 4) is 0 Å². The van der Waals surface area contributed by atoms with E-state index < -0.39 is 71.2 Å². The monoisotopic (exact) mass is 805 g/mol. The third-order valence-corrected chi connectivity index (χ3v) is 10.5. The molecule has 0 aromatic heterocycles. The van der Waals surface area contributed by atoms with Gasteiger partial charge in [0.25, 0.3) is 10.1 Å². The van der Waals surface area contributed by atoms with E-state index in [9.17, 15) is 37.9 Å². The lowest BCUT2D eigenvalue weighted by molar-refractivity contribution is -0.297. The van der Waals surface area contributed by atoms with Crippen molar-refractivity contribution in [2.75, 3.05) is 19.0 Å². The second-order valence-corrected chi connectivity index (χ2v) is 16.5. The third kappa shape index (κ3) is 28.2. The van der Waals surface area contributed by atoms with Gasteiger partial charge in [0.1, 0.15) is 36.8 Å². The number of hydrogen-bond donors (Lipinski definition) is 4. The molecule has 1 aliphatic rings. The average Bonchev–Trinajstić information content (AvgIpc) is 3.14. The first-order valence-corrected chi connectivity index (χ1v) is 23.0. The van der Waals surface area contributed by atoms with Crippen molar-refractivity contribution in [1.82, 2.24) is 0 Å². The Bertz CT molecular complexity index is 1130. The number of carbonyl (C=O) groups is 2. The molecular formula is C42H76O12S. The average molecular weight is 805 g/mol. The van der Waals surface area contributed by atoms with E-state index >= 15 is 0 Å². The molecule has 322 valence electrons. The standard InChI is InChI=1S/C42H76O12S/c1-3-5-7-9-11-13-15-17-19-21-23-25-27-29-31-38(44)53-35(33-52-42-41(47)40(46)39(45)36(54-42)34-55(48,49)50)32-51-37(43)30-28-26-24-22-20-18-16-14-12-10-8-6-4-2/h9,11,15,17,35-36,39-42,45-47H,3-8,10,12-14,16,18-34H2,1-2H3,(H,48,49,50)/b11-9-,17-15-. The van der Waals surface area contributed by atoms with Gasteiger partial charge >= 0.3 is 11.9 Å². The highest BCUT2D eigenvalue weighted by Gasteiger charge is 2.46. The van der Waals surface area contributed by atoms with Crippen molar-refractivity contribution in [2.45, 2.75) is 211 Å². The molecule has 0 aliphatic carbocycles. The Kier molecular flexibility index (Phi) is 30.8. The highest BCUT2D eigenvalue weighted by molar-refractivity contribution is 7.85. The second-order valence-electron chi connectivity index (χ2n) is 15.0. The molecule has 13 heteroatoms. The molecule has 55 heavy (non-hydrogen) atoms. The van der Waals surface area contributed by atoms with Gasteiger partial charge < -0.3 is 34.3 Å². The maximum Gasteiger partial charge on any atom is 0.306 e. The van der Waals surface area contributed by atoms with Crippen molar-refractivity contribution in [2.24, 2.45) is 0 Å². The SMILES string of the molecule is CCCC/C=C\C/C=C\CCCCCCCC(=O)OC(COC(=O)CCCCCCCCCCCCCCC)COC1OC(CS(=O)(=O)O)C(O)C(O)C1O. The maximum atomic E-state index is 12.8. The first kappa shape index (κ1) is 51.1. The molecule has 0 aromatic rings. The van der Waals surface area contributed by atoms with E-state index in [1.807, 2.05) is 0 Å². The fourth-order valence-corrected chi connectivity index (χ4v) is 7.09. The Morgan fingerprint density at radius 2 is 1.11 bits per heavy atom. The van der Waals surface area contributed by atoms with Crippen LogP contribution in [0.2, 0.25) is 0 Å². The van der Waals surface area contributed by atoms with Crippen LogP contribution in [-0.4, -0.2) is 96.0 Å². The minimum absolute atomic E-state index is 0.150. The summed E-state index contributed by atoms with van der Waals surface area (Å²) in [6.07, 6.45) is 25.1. The Morgan fingerprint density at radius 1 is 0.618 bits per heavy atom. The molecule has 1 rings (SSSR count). The Morgan fingerprint density at radius 3 is 1.65 bits per heavy atom. The van der Waals surface area contributed by atoms with Gasteiger partial charge in [0, 0.05) is 12.8 Å². The Balaban J connectivity index is 2.49. The molecular weight excluding hydrogens is 729 g/mol. The molecule has 0 amide bonds. The van der Waals surface area contributed by atoms with Crippen LogP contribution in [0.5, 0.6) is 0 Å². The summed E-state index contributed by atoms with van der Waals surface area (Å²) in [4.78, 5) is 25.3. The van der Waals surface area contributed by atoms with Gasteiger partial charge in [0.05, 0.1) is 6.61 Å². The summed E-state index contributed by atoms with van der Waals surface area (Å²) in [5.74, 6) is -2.00. The largest absolute Gasteiger partial charge is 0.462 e. The fraction of sp³-hybridized carbons (Fsp3) is 0.857. The maximum absolute atomic E-state index is 12.8. The van der Waals surface area contributed by atoms with Crippen molar-refractivity contribution < 1.29 is 56.8 Å². The Hall–Kier alpha value is -1.87. The molecule has 1 aliphatic heterocycles. The number of ether oxygens (including phenoxy) is 4. The summed E-state index contributed by atoms with van der Waals surface area (Å²) in [6, 6.07) is 0. The number of carbonyl (C=O) groups excluding carboxylic acids is 2. The van der Waals surface area contributed by atoms with Crippen LogP contribution in [0.4, 0.5) is 0 Å². The molecule has 0 spiro atoms. The molecule has 0 bridgehead atoms. The zero-order valence-corrected chi connectivity index (χ0v) is 34.9. The van der Waals surface area contributed by atoms with Crippen LogP contribution in [0, 0.1) is 0 Å². The molecule has 12 nitrogen and oxygen atoms in total. The molecule has 6 atom stereocenters. The normalized spacial score (nSPS) is 21.0. The van der Waals surface area contributed by atoms with Gasteiger partial charge in [-0.2, -0.15) is 8.42 Å². The third-order valence-electron chi connectivity index (χ3n) is 9.78. The topological polar surface area (TPSA) is 186 Å². The van der Waals surface area contributed by atoms with Gasteiger partial charge in [-0.1, -0.05) is 147 Å². The molecule has 4 N–H and O–H groups in total. The van der Waals surface area contributed by atoms with Gasteiger partial charge in [0.15, 0.2) is 12.4 Å². The van der Waals surface area contributed by atoms with E-state index in [1.54, 1.807) is 0 Å². The number of aliphatic hydroxyl groups excluding tert-OH is 3. The van der Waals surface area contributed by atoms with Crippen molar-refractivity contribution >= 4 is 22.1 Å². The Labute approximate surface area is 332 Å². The van der Waals surface area contributed by atoms with Crippen LogP contribution in [0.1, 0.15) is 174 Å². The van der Waals surface area contributed by atoms with E-state index in [0.29, 0.717) is 12.8 Å². The van der Waals surface area contributed by atoms with E-state index in [2.05, 4.69) is 38.2 Å². The van der Waals surface area contributed by atoms with Crippen LogP contribution in [-0.2, 0) is 38.7 Å². The highest BCUT2D eigenvalue weighted by atomic mass is 32.2. The summed E-state index contributed by atoms with van der Waals surface area (Å²) in [5.41, 5.74) is 0. The molecule has 1 saturated heterocycles. The molecule has 0 aromatic carbocycles. The van der Waals surface area contributed by atoms with Crippen LogP contribution < -0.4 is 0 Å². The molecule has 0 radical (unpaired) electrons. The van der Waals surface area contributed by atoms with Gasteiger partial charge in [-0.05, 0) is 38.5 Å². The van der Waals surface area contributed by atoms with Crippen molar-refractivity contribution in [3.05, 3.63) is 24.3 Å².